The highest BCUT2D eigenvalue weighted by atomic mass is 32.2. The molecule has 1 amide bonds. The van der Waals surface area contributed by atoms with Crippen molar-refractivity contribution in [1.82, 2.24) is 4.90 Å². The van der Waals surface area contributed by atoms with E-state index in [1.54, 1.807) is 28.8 Å². The minimum absolute atomic E-state index is 0.0128. The van der Waals surface area contributed by atoms with Crippen LogP contribution in [0.4, 0.5) is 4.39 Å². The third-order valence-corrected chi connectivity index (χ3v) is 7.43. The summed E-state index contributed by atoms with van der Waals surface area (Å²) in [7, 11) is 0. The van der Waals surface area contributed by atoms with Gasteiger partial charge in [0.2, 0.25) is 5.91 Å². The van der Waals surface area contributed by atoms with Crippen molar-refractivity contribution in [3.63, 3.8) is 0 Å². The van der Waals surface area contributed by atoms with Crippen LogP contribution in [0.1, 0.15) is 64.4 Å². The maximum atomic E-state index is 14.5. The van der Waals surface area contributed by atoms with Crippen molar-refractivity contribution in [2.75, 3.05) is 0 Å². The number of nitrogens with zero attached hydrogens (tertiary/aromatic N) is 2. The van der Waals surface area contributed by atoms with Gasteiger partial charge in [0.25, 0.3) is 5.90 Å². The Morgan fingerprint density at radius 2 is 1.90 bits per heavy atom. The molecule has 2 atom stereocenters. The number of halogens is 1. The molecule has 0 unspecified atom stereocenters. The van der Waals surface area contributed by atoms with E-state index in [9.17, 15) is 14.0 Å². The predicted octanol–water partition coefficient (Wildman–Crippen LogP) is 4.22. The van der Waals surface area contributed by atoms with Gasteiger partial charge in [-0.05, 0) is 56.8 Å². The lowest BCUT2D eigenvalue weighted by Gasteiger charge is -2.37. The Labute approximate surface area is 180 Å². The van der Waals surface area contributed by atoms with Crippen LogP contribution in [0, 0.1) is 5.82 Å². The van der Waals surface area contributed by atoms with Crippen molar-refractivity contribution in [2.24, 2.45) is 5.16 Å². The van der Waals surface area contributed by atoms with Crippen LogP contribution in [-0.2, 0) is 19.2 Å². The first-order valence-corrected chi connectivity index (χ1v) is 11.4. The first-order valence-electron chi connectivity index (χ1n) is 10.6. The molecule has 0 aromatic heterocycles. The van der Waals surface area contributed by atoms with Crippen molar-refractivity contribution < 1.29 is 23.6 Å². The lowest BCUT2D eigenvalue weighted by Crippen LogP contribution is -2.57. The maximum Gasteiger partial charge on any atom is 0.337 e. The van der Waals surface area contributed by atoms with Gasteiger partial charge in [-0.2, -0.15) is 0 Å². The number of carbonyl (C=O) groups is 2. The molecular formula is C22H27FN2O4S. The number of fused-ring (bicyclic) bond motifs is 1. The lowest BCUT2D eigenvalue weighted by molar-refractivity contribution is -0.156. The van der Waals surface area contributed by atoms with E-state index < -0.39 is 22.6 Å². The lowest BCUT2D eigenvalue weighted by atomic mass is 9.98. The first kappa shape index (κ1) is 21.2. The molecule has 6 nitrogen and oxygen atoms in total. The van der Waals surface area contributed by atoms with E-state index in [0.29, 0.717) is 6.42 Å². The van der Waals surface area contributed by atoms with Crippen LogP contribution >= 0.6 is 11.8 Å². The van der Waals surface area contributed by atoms with E-state index in [-0.39, 0.29) is 28.8 Å². The fourth-order valence-electron chi connectivity index (χ4n) is 4.34. The van der Waals surface area contributed by atoms with E-state index in [4.69, 9.17) is 9.57 Å². The largest absolute Gasteiger partial charge is 0.402 e. The summed E-state index contributed by atoms with van der Waals surface area (Å²) in [5.41, 5.74) is 0.0643. The summed E-state index contributed by atoms with van der Waals surface area (Å²) < 4.78 is 19.6. The molecule has 0 radical (unpaired) electrons. The van der Waals surface area contributed by atoms with Crippen molar-refractivity contribution in [2.45, 2.75) is 81.1 Å². The molecule has 0 N–H and O–H groups in total. The minimum Gasteiger partial charge on any atom is -0.402 e. The van der Waals surface area contributed by atoms with Crippen LogP contribution in [0.3, 0.4) is 0 Å². The number of amides is 1. The monoisotopic (exact) mass is 434 g/mol. The van der Waals surface area contributed by atoms with Gasteiger partial charge in [-0.1, -0.05) is 25.0 Å². The number of oxime groups is 1. The molecule has 8 heteroatoms. The minimum atomic E-state index is -0.747. The summed E-state index contributed by atoms with van der Waals surface area (Å²) in [5, 5.41) is 4.07. The number of β-lactam (4-membered cyclic amide) rings is 1. The average Bonchev–Trinajstić information content (AvgIpc) is 2.86. The number of thioether (sulfide) groups is 1. The number of hydrogen-bond acceptors (Lipinski definition) is 6. The third kappa shape index (κ3) is 4.19. The molecular weight excluding hydrogens is 407 g/mol. The average molecular weight is 435 g/mol. The number of esters is 1. The van der Waals surface area contributed by atoms with E-state index in [2.05, 4.69) is 5.16 Å². The molecule has 0 bridgehead atoms. The highest BCUT2D eigenvalue weighted by molar-refractivity contribution is 8.01. The Hall–Kier alpha value is -2.09. The highest BCUT2D eigenvalue weighted by Crippen LogP contribution is 2.50. The second kappa shape index (κ2) is 8.57. The Bertz CT molecular complexity index is 851. The quantitative estimate of drug-likeness (QED) is 0.177. The normalized spacial score (nSPS) is 26.6. The summed E-state index contributed by atoms with van der Waals surface area (Å²) in [6.07, 6.45) is 6.54. The summed E-state index contributed by atoms with van der Waals surface area (Å²) in [5.74, 6) is -1.43. The van der Waals surface area contributed by atoms with E-state index in [0.717, 1.165) is 38.5 Å². The second-order valence-electron chi connectivity index (χ2n) is 8.60. The number of rotatable bonds is 4. The fraction of sp³-hybridized carbons (Fsp3) is 0.591. The van der Waals surface area contributed by atoms with Gasteiger partial charge >= 0.3 is 5.97 Å². The SMILES string of the molecule is CC1(C)S[C@@H]2CC(=O)N2[C@H]1C(=O)O/C(=N\OC1CCCCCC1)c1ccccc1F. The van der Waals surface area contributed by atoms with Gasteiger partial charge in [-0.25, -0.2) is 9.18 Å². The van der Waals surface area contributed by atoms with Gasteiger partial charge in [0.05, 0.1) is 17.4 Å². The van der Waals surface area contributed by atoms with Crippen LogP contribution in [0.25, 0.3) is 0 Å². The zero-order valence-corrected chi connectivity index (χ0v) is 18.1. The van der Waals surface area contributed by atoms with Gasteiger partial charge in [-0.3, -0.25) is 4.79 Å². The molecule has 3 aliphatic rings. The number of ether oxygens (including phenoxy) is 1. The number of benzene rings is 1. The van der Waals surface area contributed by atoms with Crippen molar-refractivity contribution >= 4 is 29.5 Å². The molecule has 0 spiro atoms. The Morgan fingerprint density at radius 1 is 1.20 bits per heavy atom. The van der Waals surface area contributed by atoms with Crippen molar-refractivity contribution in [3.8, 4) is 0 Å². The van der Waals surface area contributed by atoms with E-state index >= 15 is 0 Å². The molecule has 1 aliphatic carbocycles. The summed E-state index contributed by atoms with van der Waals surface area (Å²) in [6.45, 7) is 3.83. The molecule has 3 fully saturated rings. The van der Waals surface area contributed by atoms with Gasteiger partial charge in [-0.15, -0.1) is 11.8 Å². The number of hydrogen-bond donors (Lipinski definition) is 0. The number of carbonyl (C=O) groups excluding carboxylic acids is 2. The van der Waals surface area contributed by atoms with Gasteiger partial charge < -0.3 is 14.5 Å². The zero-order chi connectivity index (χ0) is 21.3. The molecule has 1 aromatic rings. The summed E-state index contributed by atoms with van der Waals surface area (Å²) in [6, 6.07) is 5.25. The van der Waals surface area contributed by atoms with Gasteiger partial charge in [0, 0.05) is 4.75 Å². The predicted molar refractivity (Wildman–Crippen MR) is 112 cm³/mol. The third-order valence-electron chi connectivity index (χ3n) is 5.94. The first-order chi connectivity index (χ1) is 14.4. The van der Waals surface area contributed by atoms with E-state index in [1.807, 2.05) is 13.8 Å². The standard InChI is InChI=1S/C22H27FN2O4S/c1-22(2)19(25-17(26)13-18(25)30-22)21(27)28-20(15-11-7-8-12-16(15)23)24-29-14-9-5-3-4-6-10-14/h7-8,11-12,14,18-19H,3-6,9-10,13H2,1-2H3/b24-20-/t18-,19+/m1/s1. The molecule has 2 saturated heterocycles. The molecule has 2 aliphatic heterocycles. The van der Waals surface area contributed by atoms with Crippen molar-refractivity contribution in [3.05, 3.63) is 35.6 Å². The molecule has 1 aromatic carbocycles. The van der Waals surface area contributed by atoms with Crippen LogP contribution < -0.4 is 0 Å². The fourth-order valence-corrected chi connectivity index (χ4v) is 5.95. The maximum absolute atomic E-state index is 14.5. The zero-order valence-electron chi connectivity index (χ0n) is 17.3. The molecule has 2 heterocycles. The van der Waals surface area contributed by atoms with Crippen molar-refractivity contribution in [1.29, 1.82) is 0 Å². The Morgan fingerprint density at radius 3 is 2.57 bits per heavy atom. The van der Waals surface area contributed by atoms with Gasteiger partial charge in [0.1, 0.15) is 18.0 Å². The summed E-state index contributed by atoms with van der Waals surface area (Å²) >= 11 is 1.58. The molecule has 30 heavy (non-hydrogen) atoms. The molecule has 4 rings (SSSR count). The van der Waals surface area contributed by atoms with Crippen LogP contribution in [0.15, 0.2) is 29.4 Å². The van der Waals surface area contributed by atoms with Crippen LogP contribution in [0.5, 0.6) is 0 Å². The second-order valence-corrected chi connectivity index (χ2v) is 10.4. The van der Waals surface area contributed by atoms with Crippen LogP contribution in [0.2, 0.25) is 0 Å². The Kier molecular flexibility index (Phi) is 6.04. The van der Waals surface area contributed by atoms with Crippen LogP contribution in [-0.4, -0.2) is 44.9 Å². The topological polar surface area (TPSA) is 68.2 Å². The molecule has 162 valence electrons. The smallest absolute Gasteiger partial charge is 0.337 e. The highest BCUT2D eigenvalue weighted by Gasteiger charge is 2.59. The Balaban J connectivity index is 1.56. The van der Waals surface area contributed by atoms with Gasteiger partial charge in [0.15, 0.2) is 0 Å². The molecule has 1 saturated carbocycles. The summed E-state index contributed by atoms with van der Waals surface area (Å²) in [4.78, 5) is 32.4. The van der Waals surface area contributed by atoms with E-state index in [1.165, 1.54) is 12.1 Å².